The standard InChI is InChI=1S/C9H12N2O6S/c1-10(4-5-12)18(16,17)7-2-3-9(13)8(6-7)11(14)15/h2-3,6,12-13H,4-5H2,1H3. The summed E-state index contributed by atoms with van der Waals surface area (Å²) in [6, 6.07) is 2.78. The van der Waals surface area contributed by atoms with Crippen LogP contribution >= 0.6 is 0 Å². The van der Waals surface area contributed by atoms with Gasteiger partial charge in [-0.05, 0) is 12.1 Å². The van der Waals surface area contributed by atoms with Gasteiger partial charge in [0.2, 0.25) is 10.0 Å². The number of benzene rings is 1. The molecule has 0 aliphatic rings. The van der Waals surface area contributed by atoms with Crippen molar-refractivity contribution in [2.45, 2.75) is 4.90 Å². The summed E-state index contributed by atoms with van der Waals surface area (Å²) in [7, 11) is -2.68. The van der Waals surface area contributed by atoms with Crippen molar-refractivity contribution >= 4 is 15.7 Å². The van der Waals surface area contributed by atoms with Crippen LogP contribution in [0, 0.1) is 10.1 Å². The minimum atomic E-state index is -3.92. The van der Waals surface area contributed by atoms with Crippen molar-refractivity contribution in [1.29, 1.82) is 0 Å². The maximum absolute atomic E-state index is 11.9. The molecule has 0 amide bonds. The molecule has 18 heavy (non-hydrogen) atoms. The van der Waals surface area contributed by atoms with Gasteiger partial charge in [0.1, 0.15) is 0 Å². The second-order valence-electron chi connectivity index (χ2n) is 3.46. The third-order valence-electron chi connectivity index (χ3n) is 2.27. The van der Waals surface area contributed by atoms with Gasteiger partial charge in [-0.3, -0.25) is 10.1 Å². The first-order valence-electron chi connectivity index (χ1n) is 4.85. The number of hydrogen-bond donors (Lipinski definition) is 2. The average Bonchev–Trinajstić information content (AvgIpc) is 2.29. The summed E-state index contributed by atoms with van der Waals surface area (Å²) in [4.78, 5) is 9.40. The van der Waals surface area contributed by atoms with Crippen molar-refractivity contribution < 1.29 is 23.6 Å². The quantitative estimate of drug-likeness (QED) is 0.572. The van der Waals surface area contributed by atoms with E-state index in [9.17, 15) is 23.6 Å². The largest absolute Gasteiger partial charge is 0.502 e. The van der Waals surface area contributed by atoms with Crippen LogP contribution in [0.5, 0.6) is 5.75 Å². The van der Waals surface area contributed by atoms with Crippen molar-refractivity contribution in [3.63, 3.8) is 0 Å². The minimum absolute atomic E-state index is 0.128. The summed E-state index contributed by atoms with van der Waals surface area (Å²) in [5.41, 5.74) is -0.687. The highest BCUT2D eigenvalue weighted by Crippen LogP contribution is 2.29. The predicted molar refractivity (Wildman–Crippen MR) is 61.7 cm³/mol. The van der Waals surface area contributed by atoms with Crippen molar-refractivity contribution in [2.75, 3.05) is 20.2 Å². The maximum atomic E-state index is 11.9. The Balaban J connectivity index is 3.26. The fourth-order valence-electron chi connectivity index (χ4n) is 1.25. The molecule has 0 saturated carbocycles. The Labute approximate surface area is 103 Å². The maximum Gasteiger partial charge on any atom is 0.312 e. The lowest BCUT2D eigenvalue weighted by Crippen LogP contribution is -2.29. The van der Waals surface area contributed by atoms with Crippen LogP contribution in [-0.2, 0) is 10.0 Å². The van der Waals surface area contributed by atoms with Gasteiger partial charge < -0.3 is 10.2 Å². The molecule has 2 N–H and O–H groups in total. The van der Waals surface area contributed by atoms with Crippen LogP contribution in [-0.4, -0.2) is 48.1 Å². The molecule has 1 rings (SSSR count). The normalized spacial score (nSPS) is 11.7. The van der Waals surface area contributed by atoms with Crippen LogP contribution in [0.1, 0.15) is 0 Å². The third-order valence-corrected chi connectivity index (χ3v) is 4.12. The molecule has 0 heterocycles. The Morgan fingerprint density at radius 2 is 2.06 bits per heavy atom. The number of rotatable bonds is 5. The van der Waals surface area contributed by atoms with Crippen LogP contribution in [0.4, 0.5) is 5.69 Å². The van der Waals surface area contributed by atoms with E-state index in [2.05, 4.69) is 0 Å². The zero-order chi connectivity index (χ0) is 13.9. The summed E-state index contributed by atoms with van der Waals surface area (Å²) in [6.07, 6.45) is 0. The van der Waals surface area contributed by atoms with Crippen molar-refractivity contribution in [3.05, 3.63) is 28.3 Å². The van der Waals surface area contributed by atoms with Gasteiger partial charge in [0, 0.05) is 19.7 Å². The number of hydrogen-bond acceptors (Lipinski definition) is 6. The van der Waals surface area contributed by atoms with E-state index in [-0.39, 0.29) is 18.0 Å². The highest BCUT2D eigenvalue weighted by atomic mass is 32.2. The van der Waals surface area contributed by atoms with E-state index >= 15 is 0 Å². The molecule has 0 spiro atoms. The van der Waals surface area contributed by atoms with Crippen LogP contribution in [0.25, 0.3) is 0 Å². The van der Waals surface area contributed by atoms with Crippen molar-refractivity contribution in [2.24, 2.45) is 0 Å². The number of aliphatic hydroxyl groups excluding tert-OH is 1. The molecule has 0 bridgehead atoms. The van der Waals surface area contributed by atoms with E-state index in [0.717, 1.165) is 22.5 Å². The summed E-state index contributed by atoms with van der Waals surface area (Å²) in [5, 5.41) is 28.5. The zero-order valence-corrected chi connectivity index (χ0v) is 10.3. The van der Waals surface area contributed by atoms with Gasteiger partial charge in [-0.15, -0.1) is 0 Å². The number of phenols is 1. The number of phenolic OH excluding ortho intramolecular Hbond substituents is 1. The zero-order valence-electron chi connectivity index (χ0n) is 9.48. The van der Waals surface area contributed by atoms with Crippen LogP contribution in [0.2, 0.25) is 0 Å². The number of nitrogens with zero attached hydrogens (tertiary/aromatic N) is 2. The van der Waals surface area contributed by atoms with Gasteiger partial charge in [-0.1, -0.05) is 0 Å². The fraction of sp³-hybridized carbons (Fsp3) is 0.333. The summed E-state index contributed by atoms with van der Waals surface area (Å²) in [6.45, 7) is -0.493. The number of nitro benzene ring substituents is 1. The molecule has 0 aliphatic carbocycles. The number of likely N-dealkylation sites (N-methyl/N-ethyl adjacent to an activating group) is 1. The molecular weight excluding hydrogens is 264 g/mol. The molecule has 0 atom stereocenters. The molecule has 100 valence electrons. The first-order chi connectivity index (χ1) is 8.30. The molecule has 0 aromatic heterocycles. The lowest BCUT2D eigenvalue weighted by Gasteiger charge is -2.15. The lowest BCUT2D eigenvalue weighted by atomic mass is 10.3. The predicted octanol–water partition coefficient (Wildman–Crippen LogP) is -0.0868. The van der Waals surface area contributed by atoms with Gasteiger partial charge in [-0.25, -0.2) is 8.42 Å². The van der Waals surface area contributed by atoms with E-state index < -0.39 is 26.4 Å². The van der Waals surface area contributed by atoms with Gasteiger partial charge >= 0.3 is 5.69 Å². The van der Waals surface area contributed by atoms with E-state index in [4.69, 9.17) is 5.11 Å². The van der Waals surface area contributed by atoms with E-state index in [1.165, 1.54) is 7.05 Å². The van der Waals surface area contributed by atoms with Gasteiger partial charge in [-0.2, -0.15) is 4.31 Å². The van der Waals surface area contributed by atoms with Gasteiger partial charge in [0.05, 0.1) is 16.4 Å². The Morgan fingerprint density at radius 3 is 2.56 bits per heavy atom. The monoisotopic (exact) mass is 276 g/mol. The molecule has 0 fully saturated rings. The summed E-state index contributed by atoms with van der Waals surface area (Å²) in [5.74, 6) is -0.608. The molecule has 1 aromatic carbocycles. The second kappa shape index (κ2) is 5.29. The minimum Gasteiger partial charge on any atom is -0.502 e. The Kier molecular flexibility index (Phi) is 4.22. The molecule has 0 unspecified atom stereocenters. The Bertz CT molecular complexity index is 556. The number of sulfonamides is 1. The topological polar surface area (TPSA) is 121 Å². The molecular formula is C9H12N2O6S. The van der Waals surface area contributed by atoms with Crippen molar-refractivity contribution in [3.8, 4) is 5.75 Å². The summed E-state index contributed by atoms with van der Waals surface area (Å²) >= 11 is 0. The SMILES string of the molecule is CN(CCO)S(=O)(=O)c1ccc(O)c([N+](=O)[O-])c1. The van der Waals surface area contributed by atoms with E-state index in [1.54, 1.807) is 0 Å². The number of aliphatic hydroxyl groups is 1. The second-order valence-corrected chi connectivity index (χ2v) is 5.50. The van der Waals surface area contributed by atoms with Gasteiger partial charge in [0.25, 0.3) is 0 Å². The molecule has 8 nitrogen and oxygen atoms in total. The van der Waals surface area contributed by atoms with E-state index in [0.29, 0.717) is 0 Å². The first-order valence-corrected chi connectivity index (χ1v) is 6.29. The van der Waals surface area contributed by atoms with Crippen LogP contribution < -0.4 is 0 Å². The fourth-order valence-corrected chi connectivity index (χ4v) is 2.43. The highest BCUT2D eigenvalue weighted by molar-refractivity contribution is 7.89. The first kappa shape index (κ1) is 14.4. The molecule has 0 aliphatic heterocycles. The van der Waals surface area contributed by atoms with Crippen LogP contribution in [0.3, 0.4) is 0 Å². The molecule has 0 saturated heterocycles. The highest BCUT2D eigenvalue weighted by Gasteiger charge is 2.24. The number of aromatic hydroxyl groups is 1. The molecule has 1 aromatic rings. The number of nitro groups is 1. The molecule has 9 heteroatoms. The molecule has 0 radical (unpaired) electrons. The third kappa shape index (κ3) is 2.75. The van der Waals surface area contributed by atoms with Crippen LogP contribution in [0.15, 0.2) is 23.1 Å². The summed E-state index contributed by atoms with van der Waals surface area (Å²) < 4.78 is 24.7. The smallest absolute Gasteiger partial charge is 0.312 e. The van der Waals surface area contributed by atoms with Crippen molar-refractivity contribution in [1.82, 2.24) is 4.31 Å². The average molecular weight is 276 g/mol. The van der Waals surface area contributed by atoms with Gasteiger partial charge in [0.15, 0.2) is 5.75 Å². The Morgan fingerprint density at radius 1 is 1.44 bits per heavy atom. The lowest BCUT2D eigenvalue weighted by molar-refractivity contribution is -0.386. The van der Waals surface area contributed by atoms with E-state index in [1.807, 2.05) is 0 Å². The Hall–Kier alpha value is -1.71.